The molecule has 2 heterocycles. The number of H-pyrrole nitrogens is 1. The summed E-state index contributed by atoms with van der Waals surface area (Å²) in [6.07, 6.45) is 1.35. The van der Waals surface area contributed by atoms with Crippen molar-refractivity contribution in [1.29, 1.82) is 0 Å². The highest BCUT2D eigenvalue weighted by atomic mass is 16.5. The predicted molar refractivity (Wildman–Crippen MR) is 81.6 cm³/mol. The molecule has 0 spiro atoms. The average Bonchev–Trinajstić information content (AvgIpc) is 3.21. The number of rotatable bonds is 6. The predicted octanol–water partition coefficient (Wildman–Crippen LogP) is 1.97. The Morgan fingerprint density at radius 2 is 2.35 bits per heavy atom. The number of aromatic nitrogens is 4. The van der Waals surface area contributed by atoms with Crippen molar-refractivity contribution in [3.63, 3.8) is 0 Å². The van der Waals surface area contributed by atoms with E-state index in [1.165, 1.54) is 0 Å². The summed E-state index contributed by atoms with van der Waals surface area (Å²) in [6.45, 7) is 4.47. The van der Waals surface area contributed by atoms with Crippen LogP contribution in [0, 0.1) is 0 Å². The van der Waals surface area contributed by atoms with Crippen LogP contribution < -0.4 is 5.32 Å². The minimum atomic E-state index is -0.240. The second kappa shape index (κ2) is 6.57. The smallest absolute Gasteiger partial charge is 0.251 e. The second-order valence-electron chi connectivity index (χ2n) is 4.96. The van der Waals surface area contributed by atoms with Crippen LogP contribution in [0.1, 0.15) is 42.0 Å². The van der Waals surface area contributed by atoms with Crippen LogP contribution in [0.15, 0.2) is 29.0 Å². The Kier molecular flexibility index (Phi) is 4.33. The molecule has 0 saturated heterocycles. The zero-order valence-electron chi connectivity index (χ0n) is 12.9. The maximum absolute atomic E-state index is 12.2. The fourth-order valence-electron chi connectivity index (χ4n) is 2.16. The van der Waals surface area contributed by atoms with Crippen LogP contribution in [0.2, 0.25) is 0 Å². The molecule has 8 nitrogen and oxygen atoms in total. The van der Waals surface area contributed by atoms with Gasteiger partial charge in [0.25, 0.3) is 5.91 Å². The van der Waals surface area contributed by atoms with Gasteiger partial charge in [-0.05, 0) is 32.0 Å². The molecule has 0 radical (unpaired) electrons. The molecule has 1 aromatic carbocycles. The van der Waals surface area contributed by atoms with Gasteiger partial charge >= 0.3 is 0 Å². The second-order valence-corrected chi connectivity index (χ2v) is 4.96. The number of aromatic amines is 1. The number of carbonyl (C=O) groups is 1. The molecular weight excluding hydrogens is 298 g/mol. The molecule has 0 fully saturated rings. The van der Waals surface area contributed by atoms with Gasteiger partial charge in [0.15, 0.2) is 5.82 Å². The highest BCUT2D eigenvalue weighted by Crippen LogP contribution is 2.13. The third-order valence-corrected chi connectivity index (χ3v) is 3.35. The van der Waals surface area contributed by atoms with Crippen molar-refractivity contribution in [1.82, 2.24) is 25.4 Å². The van der Waals surface area contributed by atoms with Crippen molar-refractivity contribution in [2.24, 2.45) is 0 Å². The van der Waals surface area contributed by atoms with Crippen LogP contribution in [-0.2, 0) is 11.3 Å². The van der Waals surface area contributed by atoms with Crippen molar-refractivity contribution in [3.8, 4) is 0 Å². The SMILES string of the molecule is CCO[C@@H](C)c1noc(CNC(=O)c2ccc3nc[nH]c3c2)n1. The summed E-state index contributed by atoms with van der Waals surface area (Å²) in [6, 6.07) is 5.25. The molecule has 3 aromatic rings. The molecule has 8 heteroatoms. The molecule has 0 aliphatic heterocycles. The zero-order valence-corrected chi connectivity index (χ0v) is 12.9. The van der Waals surface area contributed by atoms with Crippen LogP contribution in [0.3, 0.4) is 0 Å². The lowest BCUT2D eigenvalue weighted by Gasteiger charge is -2.05. The van der Waals surface area contributed by atoms with E-state index in [0.29, 0.717) is 23.9 Å². The van der Waals surface area contributed by atoms with Crippen LogP contribution in [0.4, 0.5) is 0 Å². The summed E-state index contributed by atoms with van der Waals surface area (Å²) in [7, 11) is 0. The Morgan fingerprint density at radius 1 is 1.48 bits per heavy atom. The Morgan fingerprint density at radius 3 is 3.17 bits per heavy atom. The molecule has 1 atom stereocenters. The minimum absolute atomic E-state index is 0.158. The first-order valence-corrected chi connectivity index (χ1v) is 7.32. The number of hydrogen-bond acceptors (Lipinski definition) is 6. The van der Waals surface area contributed by atoms with E-state index < -0.39 is 0 Å². The lowest BCUT2D eigenvalue weighted by Crippen LogP contribution is -2.23. The van der Waals surface area contributed by atoms with Crippen LogP contribution in [0.25, 0.3) is 11.0 Å². The number of carbonyl (C=O) groups excluding carboxylic acids is 1. The highest BCUT2D eigenvalue weighted by Gasteiger charge is 2.14. The molecule has 0 bridgehead atoms. The summed E-state index contributed by atoms with van der Waals surface area (Å²) in [5, 5.41) is 6.59. The summed E-state index contributed by atoms with van der Waals surface area (Å²) >= 11 is 0. The van der Waals surface area contributed by atoms with Gasteiger partial charge in [0.2, 0.25) is 5.89 Å². The van der Waals surface area contributed by atoms with Crippen LogP contribution >= 0.6 is 0 Å². The van der Waals surface area contributed by atoms with Crippen molar-refractivity contribution < 1.29 is 14.1 Å². The van der Waals surface area contributed by atoms with Gasteiger partial charge in [0, 0.05) is 12.2 Å². The maximum atomic E-state index is 12.2. The van der Waals surface area contributed by atoms with Crippen molar-refractivity contribution in [2.45, 2.75) is 26.5 Å². The van der Waals surface area contributed by atoms with E-state index >= 15 is 0 Å². The summed E-state index contributed by atoms with van der Waals surface area (Å²) in [5.74, 6) is 0.580. The largest absolute Gasteiger partial charge is 0.371 e. The number of ether oxygens (including phenoxy) is 1. The van der Waals surface area contributed by atoms with Gasteiger partial charge in [0.1, 0.15) is 6.10 Å². The van der Waals surface area contributed by atoms with E-state index in [0.717, 1.165) is 11.0 Å². The monoisotopic (exact) mass is 315 g/mol. The van der Waals surface area contributed by atoms with Gasteiger partial charge in [-0.1, -0.05) is 5.16 Å². The minimum Gasteiger partial charge on any atom is -0.371 e. The zero-order chi connectivity index (χ0) is 16.2. The van der Waals surface area contributed by atoms with E-state index in [9.17, 15) is 4.79 Å². The molecule has 0 unspecified atom stereocenters. The van der Waals surface area contributed by atoms with Gasteiger partial charge < -0.3 is 19.6 Å². The quantitative estimate of drug-likeness (QED) is 0.720. The summed E-state index contributed by atoms with van der Waals surface area (Å²) in [5.41, 5.74) is 2.15. The maximum Gasteiger partial charge on any atom is 0.251 e. The van der Waals surface area contributed by atoms with E-state index in [2.05, 4.69) is 25.4 Å². The first-order chi connectivity index (χ1) is 11.2. The lowest BCUT2D eigenvalue weighted by molar-refractivity contribution is 0.0683. The molecule has 3 rings (SSSR count). The summed E-state index contributed by atoms with van der Waals surface area (Å²) < 4.78 is 10.5. The molecule has 0 aliphatic rings. The third-order valence-electron chi connectivity index (χ3n) is 3.35. The molecule has 0 saturated carbocycles. The number of hydrogen-bond donors (Lipinski definition) is 2. The number of nitrogens with zero attached hydrogens (tertiary/aromatic N) is 3. The van der Waals surface area contributed by atoms with Crippen molar-refractivity contribution in [2.75, 3.05) is 6.61 Å². The number of fused-ring (bicyclic) bond motifs is 1. The number of nitrogens with one attached hydrogen (secondary N) is 2. The van der Waals surface area contributed by atoms with E-state index in [4.69, 9.17) is 9.26 Å². The number of imidazole rings is 1. The standard InChI is InChI=1S/C15H17N5O3/c1-3-22-9(2)14-19-13(23-20-14)7-16-15(21)10-4-5-11-12(6-10)18-8-17-11/h4-6,8-9H,3,7H2,1-2H3,(H,16,21)(H,17,18)/t9-/m0/s1. The van der Waals surface area contributed by atoms with E-state index in [1.54, 1.807) is 24.5 Å². The molecule has 23 heavy (non-hydrogen) atoms. The van der Waals surface area contributed by atoms with Gasteiger partial charge in [-0.2, -0.15) is 4.98 Å². The fourth-order valence-corrected chi connectivity index (χ4v) is 2.16. The molecule has 2 N–H and O–H groups in total. The number of benzene rings is 1. The molecular formula is C15H17N5O3. The normalized spacial score (nSPS) is 12.4. The first-order valence-electron chi connectivity index (χ1n) is 7.32. The van der Waals surface area contributed by atoms with Crippen LogP contribution in [-0.4, -0.2) is 32.6 Å². The topological polar surface area (TPSA) is 106 Å². The average molecular weight is 315 g/mol. The lowest BCUT2D eigenvalue weighted by atomic mass is 10.2. The van der Waals surface area contributed by atoms with E-state index in [1.807, 2.05) is 13.8 Å². The molecule has 1 amide bonds. The van der Waals surface area contributed by atoms with Gasteiger partial charge in [-0.3, -0.25) is 4.79 Å². The summed E-state index contributed by atoms with van der Waals surface area (Å²) in [4.78, 5) is 23.5. The Bertz CT molecular complexity index is 810. The Labute approximate surface area is 132 Å². The number of amides is 1. The Balaban J connectivity index is 1.62. The van der Waals surface area contributed by atoms with Crippen LogP contribution in [0.5, 0.6) is 0 Å². The van der Waals surface area contributed by atoms with Crippen molar-refractivity contribution in [3.05, 3.63) is 41.8 Å². The molecule has 0 aliphatic carbocycles. The third kappa shape index (κ3) is 3.37. The first kappa shape index (κ1) is 15.2. The fraction of sp³-hybridized carbons (Fsp3) is 0.333. The van der Waals surface area contributed by atoms with E-state index in [-0.39, 0.29) is 18.6 Å². The van der Waals surface area contributed by atoms with Gasteiger partial charge in [-0.15, -0.1) is 0 Å². The molecule has 120 valence electrons. The van der Waals surface area contributed by atoms with Crippen molar-refractivity contribution >= 4 is 16.9 Å². The molecule has 2 aromatic heterocycles. The van der Waals surface area contributed by atoms with Gasteiger partial charge in [-0.25, -0.2) is 4.98 Å². The highest BCUT2D eigenvalue weighted by molar-refractivity contribution is 5.97. The van der Waals surface area contributed by atoms with Gasteiger partial charge in [0.05, 0.1) is 23.9 Å². The Hall–Kier alpha value is -2.74.